The van der Waals surface area contributed by atoms with Crippen LogP contribution in [0.15, 0.2) is 36.5 Å². The lowest BCUT2D eigenvalue weighted by Crippen LogP contribution is -2.46. The number of fused-ring (bicyclic) bond motifs is 1. The van der Waals surface area contributed by atoms with Crippen LogP contribution < -0.4 is 9.47 Å². The number of rotatable bonds is 4. The van der Waals surface area contributed by atoms with Crippen LogP contribution in [0.4, 0.5) is 0 Å². The van der Waals surface area contributed by atoms with Gasteiger partial charge in [-0.2, -0.15) is 0 Å². The van der Waals surface area contributed by atoms with Crippen molar-refractivity contribution < 1.29 is 14.3 Å². The van der Waals surface area contributed by atoms with Crippen molar-refractivity contribution in [2.75, 3.05) is 26.7 Å². The van der Waals surface area contributed by atoms with Crippen molar-refractivity contribution >= 4 is 5.91 Å². The van der Waals surface area contributed by atoms with Gasteiger partial charge in [0.25, 0.3) is 0 Å². The molecule has 30 heavy (non-hydrogen) atoms. The van der Waals surface area contributed by atoms with Crippen molar-refractivity contribution in [3.8, 4) is 11.5 Å². The number of aromatic nitrogens is 1. The lowest BCUT2D eigenvalue weighted by atomic mass is 9.91. The molecule has 1 aromatic carbocycles. The summed E-state index contributed by atoms with van der Waals surface area (Å²) in [5, 5.41) is 0. The van der Waals surface area contributed by atoms with E-state index in [4.69, 9.17) is 9.47 Å². The number of aryl methyl sites for hydroxylation is 1. The molecule has 6 heteroatoms. The van der Waals surface area contributed by atoms with Gasteiger partial charge in [-0.3, -0.25) is 14.7 Å². The third kappa shape index (κ3) is 4.59. The van der Waals surface area contributed by atoms with Crippen molar-refractivity contribution in [1.82, 2.24) is 14.8 Å². The number of ether oxygens (including phenoxy) is 2. The predicted octanol–water partition coefficient (Wildman–Crippen LogP) is 3.42. The van der Waals surface area contributed by atoms with Crippen LogP contribution in [0.3, 0.4) is 0 Å². The molecule has 1 fully saturated rings. The Bertz CT molecular complexity index is 901. The summed E-state index contributed by atoms with van der Waals surface area (Å²) in [6.45, 7) is 7.82. The van der Waals surface area contributed by atoms with Gasteiger partial charge >= 0.3 is 0 Å². The Labute approximate surface area is 178 Å². The highest BCUT2D eigenvalue weighted by molar-refractivity contribution is 5.73. The molecule has 4 rings (SSSR count). The van der Waals surface area contributed by atoms with E-state index < -0.39 is 0 Å². The highest BCUT2D eigenvalue weighted by atomic mass is 16.5. The van der Waals surface area contributed by atoms with E-state index in [1.165, 1.54) is 5.56 Å². The van der Waals surface area contributed by atoms with Gasteiger partial charge in [0.05, 0.1) is 19.3 Å². The quantitative estimate of drug-likeness (QED) is 0.775. The topological polar surface area (TPSA) is 54.9 Å². The highest BCUT2D eigenvalue weighted by Gasteiger charge is 2.33. The average molecular weight is 410 g/mol. The Kier molecular flexibility index (Phi) is 6.23. The molecule has 160 valence electrons. The average Bonchev–Trinajstić information content (AvgIpc) is 2.95. The zero-order valence-electron chi connectivity index (χ0n) is 18.1. The maximum Gasteiger partial charge on any atom is 0.219 e. The Balaban J connectivity index is 1.52. The first kappa shape index (κ1) is 20.7. The summed E-state index contributed by atoms with van der Waals surface area (Å²) in [7, 11) is 1.66. The minimum Gasteiger partial charge on any atom is -0.497 e. The summed E-state index contributed by atoms with van der Waals surface area (Å²) in [4.78, 5) is 21.3. The summed E-state index contributed by atoms with van der Waals surface area (Å²) in [5.74, 6) is 2.10. The largest absolute Gasteiger partial charge is 0.497 e. The molecule has 2 atom stereocenters. The molecular formula is C24H31N3O3. The molecule has 3 heterocycles. The molecule has 0 spiro atoms. The maximum atomic E-state index is 12.3. The van der Waals surface area contributed by atoms with E-state index in [2.05, 4.69) is 22.9 Å². The van der Waals surface area contributed by atoms with E-state index in [1.807, 2.05) is 35.4 Å². The lowest BCUT2D eigenvalue weighted by molar-refractivity contribution is -0.130. The molecule has 0 bridgehead atoms. The van der Waals surface area contributed by atoms with Gasteiger partial charge in [0.1, 0.15) is 17.6 Å². The number of likely N-dealkylation sites (tertiary alicyclic amines) is 1. The van der Waals surface area contributed by atoms with Gasteiger partial charge < -0.3 is 14.4 Å². The van der Waals surface area contributed by atoms with Gasteiger partial charge in [0.15, 0.2) is 0 Å². The van der Waals surface area contributed by atoms with Crippen LogP contribution in [0.5, 0.6) is 11.5 Å². The first-order chi connectivity index (χ1) is 14.5. The number of amides is 1. The molecule has 0 saturated carbocycles. The molecule has 0 radical (unpaired) electrons. The number of benzene rings is 1. The van der Waals surface area contributed by atoms with Crippen LogP contribution in [0.25, 0.3) is 0 Å². The number of methoxy groups -OCH3 is 1. The first-order valence-corrected chi connectivity index (χ1v) is 10.8. The monoisotopic (exact) mass is 409 g/mol. The minimum absolute atomic E-state index is 0.0174. The summed E-state index contributed by atoms with van der Waals surface area (Å²) in [6, 6.07) is 9.98. The van der Waals surface area contributed by atoms with Gasteiger partial charge in [-0.15, -0.1) is 0 Å². The van der Waals surface area contributed by atoms with E-state index in [0.29, 0.717) is 19.0 Å². The molecule has 0 N–H and O–H groups in total. The third-order valence-corrected chi connectivity index (χ3v) is 6.31. The second-order valence-electron chi connectivity index (χ2n) is 8.43. The van der Waals surface area contributed by atoms with E-state index in [9.17, 15) is 4.79 Å². The lowest BCUT2D eigenvalue weighted by Gasteiger charge is -2.37. The minimum atomic E-state index is -0.0174. The number of pyridine rings is 1. The van der Waals surface area contributed by atoms with Crippen LogP contribution in [0.1, 0.15) is 36.6 Å². The van der Waals surface area contributed by atoms with Crippen LogP contribution in [-0.2, 0) is 17.9 Å². The predicted molar refractivity (Wildman–Crippen MR) is 115 cm³/mol. The summed E-state index contributed by atoms with van der Waals surface area (Å²) < 4.78 is 11.9. The number of hydrogen-bond donors (Lipinski definition) is 0. The molecule has 0 aliphatic carbocycles. The van der Waals surface area contributed by atoms with Gasteiger partial charge in [-0.1, -0.05) is 6.07 Å². The molecule has 2 aromatic rings. The summed E-state index contributed by atoms with van der Waals surface area (Å²) in [6.07, 6.45) is 4.09. The van der Waals surface area contributed by atoms with Gasteiger partial charge in [0.2, 0.25) is 5.91 Å². The molecule has 2 aliphatic rings. The third-order valence-electron chi connectivity index (χ3n) is 6.31. The van der Waals surface area contributed by atoms with E-state index >= 15 is 0 Å². The van der Waals surface area contributed by atoms with Crippen LogP contribution in [0, 0.1) is 12.8 Å². The maximum absolute atomic E-state index is 12.3. The summed E-state index contributed by atoms with van der Waals surface area (Å²) in [5.41, 5.74) is 3.38. The molecule has 0 unspecified atom stereocenters. The van der Waals surface area contributed by atoms with Crippen LogP contribution >= 0.6 is 0 Å². The Morgan fingerprint density at radius 2 is 2.17 bits per heavy atom. The first-order valence-electron chi connectivity index (χ1n) is 10.8. The normalized spacial score (nSPS) is 22.0. The standard InChI is InChI=1S/C24H31N3O3/c1-17-6-4-10-25-22(17)15-26-11-5-7-19(13-26)24-16-27(18(2)28)14-20-12-21(29-3)8-9-23(20)30-24/h4,6,8-10,12,19,24H,5,7,11,13-16H2,1-3H3/t19-,24-/m1/s1. The van der Waals surface area contributed by atoms with Crippen LogP contribution in [-0.4, -0.2) is 53.5 Å². The van der Waals surface area contributed by atoms with Gasteiger partial charge in [-0.05, 0) is 56.1 Å². The molecule has 1 amide bonds. The van der Waals surface area contributed by atoms with Crippen molar-refractivity contribution in [3.63, 3.8) is 0 Å². The van der Waals surface area contributed by atoms with Crippen molar-refractivity contribution in [1.29, 1.82) is 0 Å². The second kappa shape index (κ2) is 9.04. The fourth-order valence-corrected chi connectivity index (χ4v) is 4.53. The zero-order valence-corrected chi connectivity index (χ0v) is 18.1. The van der Waals surface area contributed by atoms with E-state index in [1.54, 1.807) is 14.0 Å². The number of nitrogens with zero attached hydrogens (tertiary/aromatic N) is 3. The van der Waals surface area contributed by atoms with Gasteiger partial charge in [0, 0.05) is 44.2 Å². The molecular weight excluding hydrogens is 378 g/mol. The van der Waals surface area contributed by atoms with Gasteiger partial charge in [-0.25, -0.2) is 0 Å². The smallest absolute Gasteiger partial charge is 0.219 e. The summed E-state index contributed by atoms with van der Waals surface area (Å²) >= 11 is 0. The Hall–Kier alpha value is -2.60. The SMILES string of the molecule is COc1ccc2c(c1)CN(C(C)=O)C[C@H]([C@@H]1CCCN(Cc3ncccc3C)C1)O2. The number of carbonyl (C=O) groups is 1. The number of hydrogen-bond acceptors (Lipinski definition) is 5. The fourth-order valence-electron chi connectivity index (χ4n) is 4.53. The van der Waals surface area contributed by atoms with Crippen molar-refractivity contribution in [2.45, 2.75) is 45.9 Å². The zero-order chi connectivity index (χ0) is 21.1. The van der Waals surface area contributed by atoms with Crippen molar-refractivity contribution in [2.24, 2.45) is 5.92 Å². The molecule has 6 nitrogen and oxygen atoms in total. The second-order valence-corrected chi connectivity index (χ2v) is 8.43. The number of piperidine rings is 1. The Morgan fingerprint density at radius 1 is 1.30 bits per heavy atom. The van der Waals surface area contributed by atoms with E-state index in [0.717, 1.165) is 55.2 Å². The number of carbonyl (C=O) groups excluding carboxylic acids is 1. The van der Waals surface area contributed by atoms with E-state index in [-0.39, 0.29) is 12.0 Å². The molecule has 1 saturated heterocycles. The highest BCUT2D eigenvalue weighted by Crippen LogP contribution is 2.33. The Morgan fingerprint density at radius 3 is 2.93 bits per heavy atom. The molecule has 2 aliphatic heterocycles. The van der Waals surface area contributed by atoms with Crippen molar-refractivity contribution in [3.05, 3.63) is 53.3 Å². The fraction of sp³-hybridized carbons (Fsp3) is 0.500. The molecule has 1 aromatic heterocycles. The van der Waals surface area contributed by atoms with Crippen LogP contribution in [0.2, 0.25) is 0 Å².